The fourth-order valence-corrected chi connectivity index (χ4v) is 4.26. The number of para-hydroxylation sites is 1. The van der Waals surface area contributed by atoms with Crippen LogP contribution < -0.4 is 0 Å². The van der Waals surface area contributed by atoms with E-state index in [4.69, 9.17) is 9.15 Å². The Kier molecular flexibility index (Phi) is 5.19. The Morgan fingerprint density at radius 2 is 1.96 bits per heavy atom. The number of hydrogen-bond donors (Lipinski definition) is 0. The van der Waals surface area contributed by atoms with E-state index in [2.05, 4.69) is 0 Å². The van der Waals surface area contributed by atoms with Gasteiger partial charge in [0.1, 0.15) is 5.58 Å². The first-order valence-corrected chi connectivity index (χ1v) is 10.1. The number of carbonyl (C=O) groups is 2. The topological polar surface area (TPSA) is 59.8 Å². The molecule has 1 aromatic carbocycles. The molecular formula is C22H27NO4. The number of nitrogens with zero attached hydrogens (tertiary/aromatic N) is 1. The molecule has 2 fully saturated rings. The molecule has 2 aliphatic rings. The zero-order chi connectivity index (χ0) is 18.8. The van der Waals surface area contributed by atoms with Crippen LogP contribution in [0.5, 0.6) is 0 Å². The lowest BCUT2D eigenvalue weighted by Gasteiger charge is -2.34. The summed E-state index contributed by atoms with van der Waals surface area (Å²) in [6.45, 7) is 2.85. The molecule has 0 aliphatic heterocycles. The second-order valence-electron chi connectivity index (χ2n) is 7.75. The molecule has 0 N–H and O–H groups in total. The lowest BCUT2D eigenvalue weighted by molar-refractivity contribution is -0.145. The number of furan rings is 1. The highest BCUT2D eigenvalue weighted by Crippen LogP contribution is 2.41. The van der Waals surface area contributed by atoms with Gasteiger partial charge in [0, 0.05) is 18.0 Å². The molecule has 2 atom stereocenters. The van der Waals surface area contributed by atoms with Crippen LogP contribution >= 0.6 is 0 Å². The van der Waals surface area contributed by atoms with Crippen LogP contribution in [0.15, 0.2) is 34.7 Å². The van der Waals surface area contributed by atoms with Crippen molar-refractivity contribution in [1.82, 2.24) is 4.90 Å². The van der Waals surface area contributed by atoms with Crippen molar-refractivity contribution in [3.05, 3.63) is 36.1 Å². The third-order valence-corrected chi connectivity index (χ3v) is 5.86. The summed E-state index contributed by atoms with van der Waals surface area (Å²) in [6, 6.07) is 9.77. The molecule has 1 aromatic heterocycles. The highest BCUT2D eigenvalue weighted by molar-refractivity contribution is 5.96. The van der Waals surface area contributed by atoms with Gasteiger partial charge in [0.2, 0.25) is 0 Å². The van der Waals surface area contributed by atoms with Crippen LogP contribution in [0, 0.1) is 11.8 Å². The largest absolute Gasteiger partial charge is 0.466 e. The summed E-state index contributed by atoms with van der Waals surface area (Å²) >= 11 is 0. The molecule has 2 saturated carbocycles. The molecule has 0 saturated heterocycles. The maximum atomic E-state index is 13.3. The standard InChI is InChI=1S/C22H27NO4/c1-2-26-22(25)18-12-16(18)14-23(17-9-4-3-5-10-17)21(24)20-13-15-8-6-7-11-19(15)27-20/h6-8,11,13,16-18H,2-5,9-10,12,14H2,1H3/t16-,18-/m0/s1. The minimum atomic E-state index is -0.123. The van der Waals surface area contributed by atoms with E-state index in [0.717, 1.165) is 43.1 Å². The van der Waals surface area contributed by atoms with Crippen molar-refractivity contribution in [2.45, 2.75) is 51.5 Å². The lowest BCUT2D eigenvalue weighted by Crippen LogP contribution is -2.43. The molecule has 0 unspecified atom stereocenters. The van der Waals surface area contributed by atoms with Gasteiger partial charge in [-0.1, -0.05) is 37.5 Å². The smallest absolute Gasteiger partial charge is 0.309 e. The van der Waals surface area contributed by atoms with Crippen molar-refractivity contribution in [1.29, 1.82) is 0 Å². The van der Waals surface area contributed by atoms with Gasteiger partial charge in [-0.3, -0.25) is 9.59 Å². The fraction of sp³-hybridized carbons (Fsp3) is 0.545. The Morgan fingerprint density at radius 1 is 1.19 bits per heavy atom. The SMILES string of the molecule is CCOC(=O)[C@H]1C[C@H]1CN(C(=O)c1cc2ccccc2o1)C1CCCCC1. The van der Waals surface area contributed by atoms with Crippen molar-refractivity contribution in [3.63, 3.8) is 0 Å². The average Bonchev–Trinajstić information content (AvgIpc) is 3.34. The van der Waals surface area contributed by atoms with Crippen molar-refractivity contribution in [3.8, 4) is 0 Å². The monoisotopic (exact) mass is 369 g/mol. The summed E-state index contributed by atoms with van der Waals surface area (Å²) in [5.41, 5.74) is 0.736. The van der Waals surface area contributed by atoms with Gasteiger partial charge in [-0.15, -0.1) is 0 Å². The van der Waals surface area contributed by atoms with E-state index in [1.54, 1.807) is 0 Å². The van der Waals surface area contributed by atoms with Crippen LogP contribution in [-0.4, -0.2) is 36.0 Å². The average molecular weight is 369 g/mol. The summed E-state index contributed by atoms with van der Waals surface area (Å²) < 4.78 is 11.0. The predicted octanol–water partition coefficient (Wildman–Crippen LogP) is 4.41. The second-order valence-corrected chi connectivity index (χ2v) is 7.75. The van der Waals surface area contributed by atoms with Crippen molar-refractivity contribution in [2.75, 3.05) is 13.2 Å². The maximum absolute atomic E-state index is 13.3. The van der Waals surface area contributed by atoms with E-state index >= 15 is 0 Å². The molecule has 1 amide bonds. The Balaban J connectivity index is 1.52. The molecule has 2 aliphatic carbocycles. The van der Waals surface area contributed by atoms with Crippen molar-refractivity contribution in [2.24, 2.45) is 11.8 Å². The minimum Gasteiger partial charge on any atom is -0.466 e. The summed E-state index contributed by atoms with van der Waals surface area (Å²) in [4.78, 5) is 27.3. The Labute approximate surface area is 159 Å². The van der Waals surface area contributed by atoms with Gasteiger partial charge in [0.05, 0.1) is 12.5 Å². The Morgan fingerprint density at radius 3 is 2.70 bits per heavy atom. The molecule has 0 bridgehead atoms. The first-order valence-electron chi connectivity index (χ1n) is 10.1. The summed E-state index contributed by atoms with van der Waals surface area (Å²) in [6.07, 6.45) is 6.42. The molecule has 4 rings (SSSR count). The van der Waals surface area contributed by atoms with Crippen LogP contribution in [-0.2, 0) is 9.53 Å². The number of ether oxygens (including phenoxy) is 1. The van der Waals surface area contributed by atoms with Gasteiger partial charge in [0.15, 0.2) is 5.76 Å². The summed E-state index contributed by atoms with van der Waals surface area (Å²) in [5, 5.41) is 0.945. The lowest BCUT2D eigenvalue weighted by atomic mass is 9.93. The molecule has 27 heavy (non-hydrogen) atoms. The van der Waals surface area contributed by atoms with Crippen LogP contribution in [0.3, 0.4) is 0 Å². The quantitative estimate of drug-likeness (QED) is 0.708. The Bertz CT molecular complexity index is 788. The normalized spacial score (nSPS) is 22.6. The highest BCUT2D eigenvalue weighted by atomic mass is 16.5. The number of rotatable bonds is 6. The number of fused-ring (bicyclic) bond motifs is 1. The van der Waals surface area contributed by atoms with Gasteiger partial charge in [-0.25, -0.2) is 0 Å². The Hall–Kier alpha value is -2.30. The van der Waals surface area contributed by atoms with E-state index < -0.39 is 0 Å². The molecule has 5 heteroatoms. The van der Waals surface area contributed by atoms with Crippen molar-refractivity contribution >= 4 is 22.8 Å². The van der Waals surface area contributed by atoms with Gasteiger partial charge in [0.25, 0.3) is 5.91 Å². The van der Waals surface area contributed by atoms with Crippen molar-refractivity contribution < 1.29 is 18.7 Å². The molecule has 144 valence electrons. The van der Waals surface area contributed by atoms with E-state index in [1.165, 1.54) is 6.42 Å². The summed E-state index contributed by atoms with van der Waals surface area (Å²) in [7, 11) is 0. The zero-order valence-corrected chi connectivity index (χ0v) is 15.9. The zero-order valence-electron chi connectivity index (χ0n) is 15.9. The highest BCUT2D eigenvalue weighted by Gasteiger charge is 2.46. The number of amides is 1. The van der Waals surface area contributed by atoms with Gasteiger partial charge < -0.3 is 14.1 Å². The molecule has 0 radical (unpaired) electrons. The minimum absolute atomic E-state index is 0.0485. The third kappa shape index (κ3) is 3.87. The molecule has 5 nitrogen and oxygen atoms in total. The van der Waals surface area contributed by atoms with E-state index in [-0.39, 0.29) is 29.8 Å². The first kappa shape index (κ1) is 18.1. The fourth-order valence-electron chi connectivity index (χ4n) is 4.26. The molecule has 0 spiro atoms. The number of carbonyl (C=O) groups excluding carboxylic acids is 2. The molecular weight excluding hydrogens is 342 g/mol. The number of benzene rings is 1. The van der Waals surface area contributed by atoms with E-state index in [0.29, 0.717) is 18.9 Å². The molecule has 2 aromatic rings. The van der Waals surface area contributed by atoms with E-state index in [1.807, 2.05) is 42.2 Å². The van der Waals surface area contributed by atoms with Gasteiger partial charge >= 0.3 is 5.97 Å². The van der Waals surface area contributed by atoms with Crippen LogP contribution in [0.1, 0.15) is 56.0 Å². The van der Waals surface area contributed by atoms with Crippen LogP contribution in [0.4, 0.5) is 0 Å². The predicted molar refractivity (Wildman–Crippen MR) is 102 cm³/mol. The first-order chi connectivity index (χ1) is 13.2. The van der Waals surface area contributed by atoms with Gasteiger partial charge in [-0.05, 0) is 44.2 Å². The van der Waals surface area contributed by atoms with Crippen LogP contribution in [0.25, 0.3) is 11.0 Å². The van der Waals surface area contributed by atoms with Gasteiger partial charge in [-0.2, -0.15) is 0 Å². The number of esters is 1. The maximum Gasteiger partial charge on any atom is 0.309 e. The molecule has 1 heterocycles. The van der Waals surface area contributed by atoms with Crippen LogP contribution in [0.2, 0.25) is 0 Å². The van der Waals surface area contributed by atoms with E-state index in [9.17, 15) is 9.59 Å². The third-order valence-electron chi connectivity index (χ3n) is 5.86. The summed E-state index contributed by atoms with van der Waals surface area (Å²) in [5.74, 6) is 0.379. The number of hydrogen-bond acceptors (Lipinski definition) is 4. The second kappa shape index (κ2) is 7.75.